The van der Waals surface area contributed by atoms with Crippen molar-refractivity contribution in [3.63, 3.8) is 0 Å². The molecule has 1 saturated heterocycles. The fourth-order valence-corrected chi connectivity index (χ4v) is 4.29. The van der Waals surface area contributed by atoms with E-state index in [2.05, 4.69) is 26.1 Å². The Labute approximate surface area is 164 Å². The van der Waals surface area contributed by atoms with E-state index >= 15 is 0 Å². The summed E-state index contributed by atoms with van der Waals surface area (Å²) >= 11 is 0. The van der Waals surface area contributed by atoms with Crippen LogP contribution >= 0.6 is 0 Å². The number of fused-ring (bicyclic) bond motifs is 1. The zero-order valence-corrected chi connectivity index (χ0v) is 16.6. The Hall–Kier alpha value is -2.41. The number of imidazole rings is 1. The Balaban J connectivity index is 1.55. The van der Waals surface area contributed by atoms with Crippen LogP contribution in [-0.4, -0.2) is 38.9 Å². The van der Waals surface area contributed by atoms with Crippen LogP contribution in [-0.2, 0) is 11.3 Å². The van der Waals surface area contributed by atoms with Crippen molar-refractivity contribution in [3.8, 4) is 11.1 Å². The summed E-state index contributed by atoms with van der Waals surface area (Å²) in [4.78, 5) is 9.53. The lowest BCUT2D eigenvalue weighted by molar-refractivity contribution is 0.0902. The number of ether oxygens (including phenoxy) is 1. The van der Waals surface area contributed by atoms with Gasteiger partial charge < -0.3 is 19.1 Å². The van der Waals surface area contributed by atoms with Crippen molar-refractivity contribution in [3.05, 3.63) is 23.7 Å². The number of anilines is 1. The van der Waals surface area contributed by atoms with Crippen LogP contribution in [0.25, 0.3) is 22.3 Å². The van der Waals surface area contributed by atoms with Gasteiger partial charge in [0.05, 0.1) is 11.2 Å². The first kappa shape index (κ1) is 17.7. The molecular formula is C21H27N5O2. The van der Waals surface area contributed by atoms with Crippen molar-refractivity contribution >= 4 is 17.1 Å². The molecule has 7 heteroatoms. The molecule has 4 heterocycles. The number of pyridine rings is 1. The lowest BCUT2D eigenvalue weighted by Crippen LogP contribution is -2.30. The maximum absolute atomic E-state index is 5.50. The maximum Gasteiger partial charge on any atom is 0.205 e. The average Bonchev–Trinajstić information content (AvgIpc) is 3.18. The van der Waals surface area contributed by atoms with Gasteiger partial charge in [0.1, 0.15) is 5.76 Å². The third-order valence-corrected chi connectivity index (χ3v) is 6.15. The highest BCUT2D eigenvalue weighted by Gasteiger charge is 2.24. The monoisotopic (exact) mass is 381 g/mol. The molecule has 0 aromatic carbocycles. The number of aryl methyl sites for hydroxylation is 2. The number of aromatic nitrogens is 4. The van der Waals surface area contributed by atoms with Crippen molar-refractivity contribution in [2.75, 3.05) is 18.5 Å². The van der Waals surface area contributed by atoms with Crippen molar-refractivity contribution in [1.29, 1.82) is 0 Å². The smallest absolute Gasteiger partial charge is 0.205 e. The molecule has 0 bridgehead atoms. The van der Waals surface area contributed by atoms with Gasteiger partial charge >= 0.3 is 0 Å². The standard InChI is InChI=1S/C21H27N5O2/c1-13-19(14(2)28-25-13)16-10-18-20(22-11-16)24-21(23-17-6-8-27-9-7-17)26(18)12-15-4-3-5-15/h10-11,15,17H,3-9,12H2,1-2H3,(H,22,23,24). The molecule has 148 valence electrons. The number of hydrogen-bond acceptors (Lipinski definition) is 6. The second-order valence-corrected chi connectivity index (χ2v) is 8.14. The zero-order chi connectivity index (χ0) is 19.1. The molecule has 0 unspecified atom stereocenters. The zero-order valence-electron chi connectivity index (χ0n) is 16.6. The van der Waals surface area contributed by atoms with E-state index < -0.39 is 0 Å². The molecule has 3 aromatic rings. The number of nitrogens with zero attached hydrogens (tertiary/aromatic N) is 4. The highest BCUT2D eigenvalue weighted by molar-refractivity contribution is 5.81. The Kier molecular flexibility index (Phi) is 4.55. The molecule has 28 heavy (non-hydrogen) atoms. The Bertz CT molecular complexity index is 963. The van der Waals surface area contributed by atoms with Crippen molar-refractivity contribution in [2.24, 2.45) is 5.92 Å². The molecule has 0 spiro atoms. The number of nitrogens with one attached hydrogen (secondary N) is 1. The Morgan fingerprint density at radius 3 is 2.68 bits per heavy atom. The van der Waals surface area contributed by atoms with E-state index in [1.54, 1.807) is 0 Å². The third kappa shape index (κ3) is 3.17. The van der Waals surface area contributed by atoms with Gasteiger partial charge in [-0.05, 0) is 51.5 Å². The van der Waals surface area contributed by atoms with Crippen LogP contribution in [0.4, 0.5) is 5.95 Å². The molecule has 7 nitrogen and oxygen atoms in total. The molecule has 2 fully saturated rings. The largest absolute Gasteiger partial charge is 0.381 e. The van der Waals surface area contributed by atoms with Crippen LogP contribution in [0.2, 0.25) is 0 Å². The van der Waals surface area contributed by atoms with Gasteiger partial charge in [-0.3, -0.25) is 0 Å². The van der Waals surface area contributed by atoms with E-state index in [-0.39, 0.29) is 0 Å². The first-order valence-corrected chi connectivity index (χ1v) is 10.3. The molecule has 3 aromatic heterocycles. The van der Waals surface area contributed by atoms with Crippen LogP contribution < -0.4 is 5.32 Å². The highest BCUT2D eigenvalue weighted by atomic mass is 16.5. The topological polar surface area (TPSA) is 78.0 Å². The van der Waals surface area contributed by atoms with Gasteiger partial charge in [0.15, 0.2) is 5.65 Å². The van der Waals surface area contributed by atoms with Gasteiger partial charge in [-0.25, -0.2) is 4.98 Å². The van der Waals surface area contributed by atoms with Gasteiger partial charge in [0.2, 0.25) is 5.95 Å². The molecular weight excluding hydrogens is 354 g/mol. The third-order valence-electron chi connectivity index (χ3n) is 6.15. The number of rotatable bonds is 5. The van der Waals surface area contributed by atoms with Gasteiger partial charge in [-0.15, -0.1) is 0 Å². The summed E-state index contributed by atoms with van der Waals surface area (Å²) in [6, 6.07) is 2.60. The van der Waals surface area contributed by atoms with Gasteiger partial charge in [0.25, 0.3) is 0 Å². The molecule has 5 rings (SSSR count). The summed E-state index contributed by atoms with van der Waals surface area (Å²) in [5, 5.41) is 7.77. The predicted octanol–water partition coefficient (Wildman–Crippen LogP) is 4.09. The van der Waals surface area contributed by atoms with Crippen molar-refractivity contribution in [1.82, 2.24) is 19.7 Å². The van der Waals surface area contributed by atoms with Crippen molar-refractivity contribution in [2.45, 2.75) is 58.5 Å². The second kappa shape index (κ2) is 7.20. The number of hydrogen-bond donors (Lipinski definition) is 1. The minimum absolute atomic E-state index is 0.410. The van der Waals surface area contributed by atoms with Gasteiger partial charge in [-0.2, -0.15) is 4.98 Å². The van der Waals surface area contributed by atoms with Crippen molar-refractivity contribution < 1.29 is 9.26 Å². The lowest BCUT2D eigenvalue weighted by Gasteiger charge is -2.28. The highest BCUT2D eigenvalue weighted by Crippen LogP contribution is 2.33. The molecule has 1 aliphatic carbocycles. The van der Waals surface area contributed by atoms with Crippen LogP contribution in [0, 0.1) is 19.8 Å². The van der Waals surface area contributed by atoms with E-state index in [0.717, 1.165) is 78.2 Å². The Morgan fingerprint density at radius 2 is 2.00 bits per heavy atom. The summed E-state index contributed by atoms with van der Waals surface area (Å²) in [5.74, 6) is 2.50. The average molecular weight is 381 g/mol. The molecule has 2 aliphatic rings. The summed E-state index contributed by atoms with van der Waals surface area (Å²) < 4.78 is 13.2. The summed E-state index contributed by atoms with van der Waals surface area (Å²) in [6.45, 7) is 6.54. The Morgan fingerprint density at radius 1 is 1.18 bits per heavy atom. The lowest BCUT2D eigenvalue weighted by atomic mass is 9.85. The molecule has 1 aliphatic heterocycles. The molecule has 1 N–H and O–H groups in total. The summed E-state index contributed by atoms with van der Waals surface area (Å²) in [5.41, 5.74) is 4.84. The van der Waals surface area contributed by atoms with Gasteiger partial charge in [0, 0.05) is 43.1 Å². The first-order valence-electron chi connectivity index (χ1n) is 10.3. The molecule has 0 amide bonds. The van der Waals surface area contributed by atoms with Crippen LogP contribution in [0.5, 0.6) is 0 Å². The van der Waals surface area contributed by atoms with E-state index in [9.17, 15) is 0 Å². The SMILES string of the molecule is Cc1noc(C)c1-c1cnc2nc(NC3CCOCC3)n(CC3CCC3)c2c1. The summed E-state index contributed by atoms with van der Waals surface area (Å²) in [6.07, 6.45) is 7.85. The van der Waals surface area contributed by atoms with Gasteiger partial charge in [-0.1, -0.05) is 11.6 Å². The minimum atomic E-state index is 0.410. The normalized spacial score (nSPS) is 18.5. The van der Waals surface area contributed by atoms with Crippen LogP contribution in [0.15, 0.2) is 16.8 Å². The van der Waals surface area contributed by atoms with E-state index in [0.29, 0.717) is 6.04 Å². The maximum atomic E-state index is 5.50. The van der Waals surface area contributed by atoms with Crippen LogP contribution in [0.1, 0.15) is 43.6 Å². The quantitative estimate of drug-likeness (QED) is 0.717. The van der Waals surface area contributed by atoms with E-state index in [1.807, 2.05) is 20.0 Å². The molecule has 1 saturated carbocycles. The fourth-order valence-electron chi connectivity index (χ4n) is 4.29. The molecule has 0 radical (unpaired) electrons. The first-order chi connectivity index (χ1) is 13.7. The second-order valence-electron chi connectivity index (χ2n) is 8.14. The predicted molar refractivity (Wildman–Crippen MR) is 107 cm³/mol. The minimum Gasteiger partial charge on any atom is -0.381 e. The summed E-state index contributed by atoms with van der Waals surface area (Å²) in [7, 11) is 0. The van der Waals surface area contributed by atoms with Crippen LogP contribution in [0.3, 0.4) is 0 Å². The fraction of sp³-hybridized carbons (Fsp3) is 0.571. The van der Waals surface area contributed by atoms with E-state index in [1.165, 1.54) is 19.3 Å². The molecule has 0 atom stereocenters. The van der Waals surface area contributed by atoms with E-state index in [4.69, 9.17) is 14.2 Å².